The van der Waals surface area contributed by atoms with E-state index >= 15 is 0 Å². The molecule has 0 saturated heterocycles. The van der Waals surface area contributed by atoms with Crippen molar-refractivity contribution in [3.8, 4) is 5.75 Å². The normalized spacial score (nSPS) is 11.3. The molecule has 1 amide bonds. The van der Waals surface area contributed by atoms with Gasteiger partial charge in [-0.3, -0.25) is 4.79 Å². The van der Waals surface area contributed by atoms with Crippen LogP contribution in [0.25, 0.3) is 0 Å². The highest BCUT2D eigenvalue weighted by Crippen LogP contribution is 2.23. The number of hydrogen-bond donors (Lipinski definition) is 1. The third kappa shape index (κ3) is 6.38. The second kappa shape index (κ2) is 9.09. The molecule has 2 aromatic carbocycles. The van der Waals surface area contributed by atoms with E-state index in [-0.39, 0.29) is 11.3 Å². The molecule has 0 heterocycles. The molecule has 3 nitrogen and oxygen atoms in total. The summed E-state index contributed by atoms with van der Waals surface area (Å²) in [6, 6.07) is 14.1. The molecule has 0 aliphatic heterocycles. The average Bonchev–Trinajstić information content (AvgIpc) is 2.59. The molecule has 0 saturated carbocycles. The monoisotopic (exact) mass is 373 g/mol. The van der Waals surface area contributed by atoms with Gasteiger partial charge in [0.05, 0.1) is 6.54 Å². The van der Waals surface area contributed by atoms with E-state index in [0.29, 0.717) is 30.3 Å². The van der Waals surface area contributed by atoms with Crippen LogP contribution in [0.2, 0.25) is 5.02 Å². The number of rotatable bonds is 7. The molecule has 0 spiro atoms. The summed E-state index contributed by atoms with van der Waals surface area (Å²) in [4.78, 5) is 12.0. The Hall–Kier alpha value is -2.00. The van der Waals surface area contributed by atoms with Gasteiger partial charge in [-0.25, -0.2) is 0 Å². The highest BCUT2D eigenvalue weighted by atomic mass is 35.5. The van der Waals surface area contributed by atoms with E-state index in [0.717, 1.165) is 12.0 Å². The molecule has 0 atom stereocenters. The Balaban J connectivity index is 1.68. The Bertz CT molecular complexity index is 733. The summed E-state index contributed by atoms with van der Waals surface area (Å²) in [5, 5.41) is 3.57. The lowest BCUT2D eigenvalue weighted by Crippen LogP contribution is -2.28. The maximum Gasteiger partial charge on any atom is 0.220 e. The van der Waals surface area contributed by atoms with Gasteiger partial charge in [-0.05, 0) is 47.6 Å². The summed E-state index contributed by atoms with van der Waals surface area (Å²) in [6.45, 7) is 9.44. The van der Waals surface area contributed by atoms with Gasteiger partial charge in [-0.15, -0.1) is 0 Å². The van der Waals surface area contributed by atoms with E-state index in [1.54, 1.807) is 6.07 Å². The third-order valence-electron chi connectivity index (χ3n) is 4.30. The Kier molecular flexibility index (Phi) is 7.10. The Morgan fingerprint density at radius 1 is 1.12 bits per heavy atom. The molecule has 1 N–H and O–H groups in total. The lowest BCUT2D eigenvalue weighted by molar-refractivity contribution is -0.121. The Labute approximate surface area is 161 Å². The van der Waals surface area contributed by atoms with Gasteiger partial charge in [0, 0.05) is 11.4 Å². The van der Waals surface area contributed by atoms with Crippen molar-refractivity contribution < 1.29 is 9.53 Å². The van der Waals surface area contributed by atoms with Gasteiger partial charge in [0.2, 0.25) is 5.91 Å². The second-order valence-corrected chi connectivity index (χ2v) is 7.96. The van der Waals surface area contributed by atoms with Crippen molar-refractivity contribution in [1.29, 1.82) is 0 Å². The molecule has 4 heteroatoms. The first-order valence-corrected chi connectivity index (χ1v) is 9.38. The molecular weight excluding hydrogens is 346 g/mol. The summed E-state index contributed by atoms with van der Waals surface area (Å²) >= 11 is 6.06. The van der Waals surface area contributed by atoms with Gasteiger partial charge >= 0.3 is 0 Å². The average molecular weight is 374 g/mol. The van der Waals surface area contributed by atoms with Crippen molar-refractivity contribution in [3.05, 3.63) is 64.2 Å². The molecule has 0 aliphatic carbocycles. The number of aryl methyl sites for hydroxylation is 2. The van der Waals surface area contributed by atoms with Crippen LogP contribution in [0.1, 0.15) is 43.9 Å². The van der Waals surface area contributed by atoms with Crippen molar-refractivity contribution in [2.75, 3.05) is 13.2 Å². The number of carbonyl (C=O) groups is 1. The van der Waals surface area contributed by atoms with Crippen LogP contribution >= 0.6 is 11.6 Å². The van der Waals surface area contributed by atoms with Crippen LogP contribution in [0.4, 0.5) is 0 Å². The van der Waals surface area contributed by atoms with E-state index in [1.807, 2.05) is 19.1 Å². The number of nitrogens with one attached hydrogen (secondary N) is 1. The van der Waals surface area contributed by atoms with E-state index in [4.69, 9.17) is 16.3 Å². The molecular formula is C22H28ClNO2. The molecule has 0 aromatic heterocycles. The van der Waals surface area contributed by atoms with E-state index in [9.17, 15) is 4.79 Å². The van der Waals surface area contributed by atoms with Crippen LogP contribution in [0.5, 0.6) is 5.75 Å². The molecule has 0 unspecified atom stereocenters. The molecule has 0 radical (unpaired) electrons. The number of halogens is 1. The fraction of sp³-hybridized carbons (Fsp3) is 0.409. The van der Waals surface area contributed by atoms with Gasteiger partial charge in [0.15, 0.2) is 0 Å². The Morgan fingerprint density at radius 3 is 2.42 bits per heavy atom. The number of ether oxygens (including phenoxy) is 1. The first kappa shape index (κ1) is 20.3. The summed E-state index contributed by atoms with van der Waals surface area (Å²) in [6.07, 6.45) is 1.22. The fourth-order valence-corrected chi connectivity index (χ4v) is 2.71. The minimum atomic E-state index is 0.0374. The van der Waals surface area contributed by atoms with Crippen molar-refractivity contribution >= 4 is 17.5 Å². The molecule has 26 heavy (non-hydrogen) atoms. The summed E-state index contributed by atoms with van der Waals surface area (Å²) in [7, 11) is 0. The van der Waals surface area contributed by atoms with Crippen molar-refractivity contribution in [2.24, 2.45) is 0 Å². The van der Waals surface area contributed by atoms with Crippen LogP contribution < -0.4 is 10.1 Å². The zero-order valence-electron chi connectivity index (χ0n) is 16.1. The summed E-state index contributed by atoms with van der Waals surface area (Å²) < 4.78 is 5.60. The van der Waals surface area contributed by atoms with Gasteiger partial charge in [-0.1, -0.05) is 62.7 Å². The number of amides is 1. The third-order valence-corrected chi connectivity index (χ3v) is 4.70. The zero-order valence-corrected chi connectivity index (χ0v) is 16.8. The first-order valence-electron chi connectivity index (χ1n) is 9.01. The van der Waals surface area contributed by atoms with Crippen LogP contribution in [-0.4, -0.2) is 19.1 Å². The predicted octanol–water partition coefficient (Wildman–Crippen LogP) is 5.07. The number of hydrogen-bond acceptors (Lipinski definition) is 2. The predicted molar refractivity (Wildman–Crippen MR) is 108 cm³/mol. The van der Waals surface area contributed by atoms with Gasteiger partial charge in [0.25, 0.3) is 0 Å². The fourth-order valence-electron chi connectivity index (χ4n) is 2.54. The molecule has 2 rings (SSSR count). The lowest BCUT2D eigenvalue weighted by atomic mass is 9.86. The van der Waals surface area contributed by atoms with Crippen molar-refractivity contribution in [1.82, 2.24) is 5.32 Å². The van der Waals surface area contributed by atoms with E-state index in [1.165, 1.54) is 11.1 Å². The van der Waals surface area contributed by atoms with Crippen LogP contribution in [0, 0.1) is 6.92 Å². The summed E-state index contributed by atoms with van der Waals surface area (Å²) in [5.74, 6) is 0.754. The topological polar surface area (TPSA) is 38.3 Å². The second-order valence-electron chi connectivity index (χ2n) is 7.56. The quantitative estimate of drug-likeness (QED) is 0.688. The largest absolute Gasteiger partial charge is 0.492 e. The maximum absolute atomic E-state index is 12.0. The Morgan fingerprint density at radius 2 is 1.81 bits per heavy atom. The first-order chi connectivity index (χ1) is 12.3. The smallest absolute Gasteiger partial charge is 0.220 e. The van der Waals surface area contributed by atoms with Gasteiger partial charge in [-0.2, -0.15) is 0 Å². The maximum atomic E-state index is 12.0. The van der Waals surface area contributed by atoms with Crippen molar-refractivity contribution in [3.63, 3.8) is 0 Å². The summed E-state index contributed by atoms with van der Waals surface area (Å²) in [5.41, 5.74) is 3.65. The zero-order chi connectivity index (χ0) is 19.2. The molecule has 0 bridgehead atoms. The van der Waals surface area contributed by atoms with Crippen molar-refractivity contribution in [2.45, 2.75) is 46.0 Å². The van der Waals surface area contributed by atoms with Crippen LogP contribution in [0.15, 0.2) is 42.5 Å². The number of benzene rings is 2. The van der Waals surface area contributed by atoms with Crippen LogP contribution in [-0.2, 0) is 16.6 Å². The molecule has 0 fully saturated rings. The van der Waals surface area contributed by atoms with Crippen LogP contribution in [0.3, 0.4) is 0 Å². The SMILES string of the molecule is Cc1ccc(OCCNC(=O)CCc2ccc(C(C)(C)C)cc2)cc1Cl. The minimum absolute atomic E-state index is 0.0374. The molecule has 140 valence electrons. The van der Waals surface area contributed by atoms with Gasteiger partial charge in [0.1, 0.15) is 12.4 Å². The highest BCUT2D eigenvalue weighted by molar-refractivity contribution is 6.31. The standard InChI is InChI=1S/C22H28ClNO2/c1-16-5-11-19(15-20(16)23)26-14-13-24-21(25)12-8-17-6-9-18(10-7-17)22(2,3)4/h5-7,9-11,15H,8,12-14H2,1-4H3,(H,24,25). The van der Waals surface area contributed by atoms with E-state index in [2.05, 4.69) is 50.4 Å². The van der Waals surface area contributed by atoms with Gasteiger partial charge < -0.3 is 10.1 Å². The highest BCUT2D eigenvalue weighted by Gasteiger charge is 2.13. The lowest BCUT2D eigenvalue weighted by Gasteiger charge is -2.19. The number of carbonyl (C=O) groups excluding carboxylic acids is 1. The minimum Gasteiger partial charge on any atom is -0.492 e. The molecule has 0 aliphatic rings. The molecule has 2 aromatic rings. The van der Waals surface area contributed by atoms with E-state index < -0.39 is 0 Å².